The number of allylic oxidation sites excluding steroid dienone is 2. The molecule has 0 amide bonds. The Labute approximate surface area is 114 Å². The zero-order valence-electron chi connectivity index (χ0n) is 10.4. The van der Waals surface area contributed by atoms with E-state index in [2.05, 4.69) is 4.99 Å². The first-order valence-corrected chi connectivity index (χ1v) is 6.12. The molecule has 2 aliphatic rings. The van der Waals surface area contributed by atoms with Gasteiger partial charge in [-0.1, -0.05) is 18.2 Å². The van der Waals surface area contributed by atoms with Crippen LogP contribution < -0.4 is 0 Å². The standard InChI is InChI=1S/C14H11N3O3/c18-9-12-14(15-13-7-3-4-8-16(12)13)10-5-1-2-6-11(10)17(19)20/h1-9,12,14H. The largest absolute Gasteiger partial charge is 0.321 e. The summed E-state index contributed by atoms with van der Waals surface area (Å²) < 4.78 is 0. The maximum Gasteiger partial charge on any atom is 0.274 e. The summed E-state index contributed by atoms with van der Waals surface area (Å²) >= 11 is 0. The highest BCUT2D eigenvalue weighted by atomic mass is 16.6. The molecule has 1 aromatic rings. The Morgan fingerprint density at radius 2 is 2.10 bits per heavy atom. The number of para-hydroxylation sites is 1. The number of nitrogens with zero attached hydrogens (tertiary/aromatic N) is 3. The first kappa shape index (κ1) is 12.3. The molecule has 100 valence electrons. The van der Waals surface area contributed by atoms with Gasteiger partial charge in [-0.05, 0) is 18.2 Å². The predicted molar refractivity (Wildman–Crippen MR) is 73.2 cm³/mol. The topological polar surface area (TPSA) is 75.8 Å². The molecule has 0 spiro atoms. The van der Waals surface area contributed by atoms with Gasteiger partial charge in [0, 0.05) is 12.3 Å². The molecule has 2 aliphatic heterocycles. The van der Waals surface area contributed by atoms with Crippen LogP contribution in [0.3, 0.4) is 0 Å². The second-order valence-corrected chi connectivity index (χ2v) is 4.48. The molecule has 0 saturated carbocycles. The van der Waals surface area contributed by atoms with Gasteiger partial charge in [-0.3, -0.25) is 15.1 Å². The van der Waals surface area contributed by atoms with Gasteiger partial charge in [0.1, 0.15) is 24.2 Å². The Kier molecular flexibility index (Phi) is 2.90. The predicted octanol–water partition coefficient (Wildman–Crippen LogP) is 2.00. The second kappa shape index (κ2) is 4.73. The van der Waals surface area contributed by atoms with Crippen LogP contribution in [0.1, 0.15) is 11.6 Å². The summed E-state index contributed by atoms with van der Waals surface area (Å²) in [5.74, 6) is 0.646. The number of aldehydes is 1. The second-order valence-electron chi connectivity index (χ2n) is 4.48. The maximum absolute atomic E-state index is 11.4. The normalized spacial score (nSPS) is 23.4. The van der Waals surface area contributed by atoms with Crippen molar-refractivity contribution in [1.29, 1.82) is 0 Å². The lowest BCUT2D eigenvalue weighted by atomic mass is 9.99. The van der Waals surface area contributed by atoms with Crippen LogP contribution in [0.25, 0.3) is 0 Å². The van der Waals surface area contributed by atoms with Crippen molar-refractivity contribution in [3.63, 3.8) is 0 Å². The van der Waals surface area contributed by atoms with Gasteiger partial charge < -0.3 is 9.69 Å². The zero-order chi connectivity index (χ0) is 14.1. The van der Waals surface area contributed by atoms with Gasteiger partial charge in [-0.25, -0.2) is 0 Å². The summed E-state index contributed by atoms with van der Waals surface area (Å²) in [6.07, 6.45) is 7.94. The van der Waals surface area contributed by atoms with Crippen molar-refractivity contribution in [3.05, 3.63) is 64.4 Å². The molecule has 20 heavy (non-hydrogen) atoms. The average molecular weight is 269 g/mol. The van der Waals surface area contributed by atoms with Crippen LogP contribution in [-0.4, -0.2) is 28.0 Å². The van der Waals surface area contributed by atoms with Crippen LogP contribution in [0.15, 0.2) is 53.7 Å². The lowest BCUT2D eigenvalue weighted by Crippen LogP contribution is -2.34. The summed E-state index contributed by atoms with van der Waals surface area (Å²) in [5.41, 5.74) is 0.444. The third kappa shape index (κ3) is 1.82. The number of hydrogen-bond acceptors (Lipinski definition) is 5. The summed E-state index contributed by atoms with van der Waals surface area (Å²) in [5, 5.41) is 11.1. The van der Waals surface area contributed by atoms with E-state index in [0.29, 0.717) is 11.4 Å². The lowest BCUT2D eigenvalue weighted by molar-refractivity contribution is -0.385. The molecule has 0 saturated heterocycles. The summed E-state index contributed by atoms with van der Waals surface area (Å²) in [6.45, 7) is 0. The highest BCUT2D eigenvalue weighted by Gasteiger charge is 2.38. The van der Waals surface area contributed by atoms with Gasteiger partial charge in [0.15, 0.2) is 0 Å². The molecular formula is C14H11N3O3. The molecule has 2 unspecified atom stereocenters. The van der Waals surface area contributed by atoms with Crippen molar-refractivity contribution in [1.82, 2.24) is 4.90 Å². The minimum Gasteiger partial charge on any atom is -0.321 e. The molecule has 0 aliphatic carbocycles. The van der Waals surface area contributed by atoms with Crippen molar-refractivity contribution in [2.75, 3.05) is 0 Å². The van der Waals surface area contributed by atoms with Crippen LogP contribution in [0.5, 0.6) is 0 Å². The lowest BCUT2D eigenvalue weighted by Gasteiger charge is -2.23. The molecule has 3 rings (SSSR count). The SMILES string of the molecule is O=CC1C(c2ccccc2[N+](=O)[O-])N=C2C=CC=CN21. The van der Waals surface area contributed by atoms with Crippen molar-refractivity contribution in [2.24, 2.45) is 4.99 Å². The van der Waals surface area contributed by atoms with E-state index in [1.54, 1.807) is 41.5 Å². The third-order valence-electron chi connectivity index (χ3n) is 3.38. The van der Waals surface area contributed by atoms with E-state index in [1.807, 2.05) is 6.08 Å². The number of aliphatic imine (C=N–C) groups is 1. The highest BCUT2D eigenvalue weighted by molar-refractivity contribution is 5.99. The molecule has 2 heterocycles. The highest BCUT2D eigenvalue weighted by Crippen LogP contribution is 2.36. The zero-order valence-corrected chi connectivity index (χ0v) is 10.4. The number of nitro groups is 1. The monoisotopic (exact) mass is 269 g/mol. The Bertz CT molecular complexity index is 663. The average Bonchev–Trinajstić information content (AvgIpc) is 2.85. The Hall–Kier alpha value is -2.76. The van der Waals surface area contributed by atoms with E-state index in [4.69, 9.17) is 0 Å². The number of benzene rings is 1. The first-order valence-electron chi connectivity index (χ1n) is 6.12. The fourth-order valence-electron chi connectivity index (χ4n) is 2.48. The molecule has 6 nitrogen and oxygen atoms in total. The van der Waals surface area contributed by atoms with Crippen molar-refractivity contribution in [2.45, 2.75) is 12.1 Å². The molecule has 1 aromatic carbocycles. The summed E-state index contributed by atoms with van der Waals surface area (Å²) in [6, 6.07) is 5.29. The van der Waals surface area contributed by atoms with E-state index in [9.17, 15) is 14.9 Å². The number of nitro benzene ring substituents is 1. The number of amidine groups is 1. The van der Waals surface area contributed by atoms with Crippen LogP contribution in [0.2, 0.25) is 0 Å². The minimum absolute atomic E-state index is 0.0125. The van der Waals surface area contributed by atoms with Crippen molar-refractivity contribution >= 4 is 17.8 Å². The summed E-state index contributed by atoms with van der Waals surface area (Å²) in [7, 11) is 0. The number of rotatable bonds is 3. The number of hydrogen-bond donors (Lipinski definition) is 0. The fraction of sp³-hybridized carbons (Fsp3) is 0.143. The van der Waals surface area contributed by atoms with Crippen LogP contribution in [0.4, 0.5) is 5.69 Å². The minimum atomic E-state index is -0.559. The Balaban J connectivity index is 2.08. The van der Waals surface area contributed by atoms with Crippen molar-refractivity contribution in [3.8, 4) is 0 Å². The van der Waals surface area contributed by atoms with Crippen LogP contribution in [-0.2, 0) is 4.79 Å². The number of carbonyl (C=O) groups is 1. The van der Waals surface area contributed by atoms with E-state index in [-0.39, 0.29) is 5.69 Å². The van der Waals surface area contributed by atoms with E-state index < -0.39 is 17.0 Å². The molecule has 6 heteroatoms. The molecule has 0 aromatic heterocycles. The summed E-state index contributed by atoms with van der Waals surface area (Å²) in [4.78, 5) is 28.2. The number of carbonyl (C=O) groups excluding carboxylic acids is 1. The van der Waals surface area contributed by atoms with Gasteiger partial charge in [0.2, 0.25) is 0 Å². The maximum atomic E-state index is 11.4. The molecule has 0 N–H and O–H groups in total. The van der Waals surface area contributed by atoms with Crippen molar-refractivity contribution < 1.29 is 9.72 Å². The van der Waals surface area contributed by atoms with Gasteiger partial charge in [0.25, 0.3) is 5.69 Å². The van der Waals surface area contributed by atoms with Gasteiger partial charge in [-0.2, -0.15) is 0 Å². The Morgan fingerprint density at radius 1 is 1.30 bits per heavy atom. The van der Waals surface area contributed by atoms with E-state index in [1.165, 1.54) is 6.07 Å². The van der Waals surface area contributed by atoms with E-state index >= 15 is 0 Å². The smallest absolute Gasteiger partial charge is 0.274 e. The quantitative estimate of drug-likeness (QED) is 0.478. The third-order valence-corrected chi connectivity index (χ3v) is 3.38. The van der Waals surface area contributed by atoms with Gasteiger partial charge in [0.05, 0.1) is 10.5 Å². The molecule has 2 atom stereocenters. The molecule has 0 fully saturated rings. The van der Waals surface area contributed by atoms with Gasteiger partial charge in [-0.15, -0.1) is 0 Å². The molecule has 0 bridgehead atoms. The van der Waals surface area contributed by atoms with E-state index in [0.717, 1.165) is 6.29 Å². The first-order chi connectivity index (χ1) is 9.72. The fourth-order valence-corrected chi connectivity index (χ4v) is 2.48. The number of fused-ring (bicyclic) bond motifs is 1. The van der Waals surface area contributed by atoms with Gasteiger partial charge >= 0.3 is 0 Å². The molecular weight excluding hydrogens is 258 g/mol. The Morgan fingerprint density at radius 3 is 2.85 bits per heavy atom. The van der Waals surface area contributed by atoms with Crippen LogP contribution >= 0.6 is 0 Å². The van der Waals surface area contributed by atoms with Crippen LogP contribution in [0, 0.1) is 10.1 Å². The molecule has 0 radical (unpaired) electrons.